The Balaban J connectivity index is 2.45. The molecule has 0 radical (unpaired) electrons. The Bertz CT molecular complexity index is 464. The molecule has 0 bridgehead atoms. The minimum absolute atomic E-state index is 0.0696. The fourth-order valence-electron chi connectivity index (χ4n) is 0.895. The van der Waals surface area contributed by atoms with E-state index in [1.807, 2.05) is 0 Å². The van der Waals surface area contributed by atoms with Crippen LogP contribution in [0, 0.1) is 0 Å². The number of rotatable bonds is 2. The molecule has 0 fully saturated rings. The van der Waals surface area contributed by atoms with E-state index < -0.39 is 0 Å². The van der Waals surface area contributed by atoms with Crippen LogP contribution >= 0.6 is 0 Å². The van der Waals surface area contributed by atoms with Crippen molar-refractivity contribution in [3.05, 3.63) is 60.6 Å². The molecule has 0 aliphatic heterocycles. The predicted molar refractivity (Wildman–Crippen MR) is 53.0 cm³/mol. The van der Waals surface area contributed by atoms with Gasteiger partial charge >= 0.3 is 0 Å². The highest BCUT2D eigenvalue weighted by Gasteiger charge is 1.92. The molecule has 0 heterocycles. The zero-order valence-electron chi connectivity index (χ0n) is 10.9. The van der Waals surface area contributed by atoms with Crippen molar-refractivity contribution in [1.29, 1.82) is 0 Å². The van der Waals surface area contributed by atoms with Gasteiger partial charge < -0.3 is 4.74 Å². The molecule has 1 heteroatoms. The number of hydrogen-bond donors (Lipinski definition) is 0. The second-order valence-corrected chi connectivity index (χ2v) is 2.39. The molecule has 0 unspecified atom stereocenters. The van der Waals surface area contributed by atoms with Gasteiger partial charge in [0.1, 0.15) is 11.5 Å². The van der Waals surface area contributed by atoms with Gasteiger partial charge in [-0.05, 0) is 24.2 Å². The summed E-state index contributed by atoms with van der Waals surface area (Å²) in [6.45, 7) is 0. The maximum atomic E-state index is 7.63. The van der Waals surface area contributed by atoms with E-state index >= 15 is 0 Å². The molecule has 2 rings (SSSR count). The van der Waals surface area contributed by atoms with Crippen molar-refractivity contribution < 1.29 is 10.2 Å². The van der Waals surface area contributed by atoms with Gasteiger partial charge in [0.25, 0.3) is 0 Å². The smallest absolute Gasteiger partial charge is 0.127 e. The average molecular weight is 174 g/mol. The van der Waals surface area contributed by atoms with E-state index in [9.17, 15) is 0 Å². The van der Waals surface area contributed by atoms with Crippen molar-refractivity contribution in [2.24, 2.45) is 0 Å². The fraction of sp³-hybridized carbons (Fsp3) is 0. The number of para-hydroxylation sites is 2. The number of ether oxygens (including phenoxy) is 1. The van der Waals surface area contributed by atoms with Gasteiger partial charge in [-0.3, -0.25) is 0 Å². The first-order chi connectivity index (χ1) is 8.09. The zero-order chi connectivity index (χ0) is 12.4. The molecule has 13 heavy (non-hydrogen) atoms. The second kappa shape index (κ2) is 3.76. The van der Waals surface area contributed by atoms with Gasteiger partial charge in [0.15, 0.2) is 0 Å². The lowest BCUT2D eigenvalue weighted by Crippen LogP contribution is -1.81. The highest BCUT2D eigenvalue weighted by molar-refractivity contribution is 5.30. The summed E-state index contributed by atoms with van der Waals surface area (Å²) in [6.07, 6.45) is 0. The Labute approximate surface area is 83.2 Å². The molecule has 0 amide bonds. The Kier molecular flexibility index (Phi) is 1.29. The SMILES string of the molecule is [2H]c1cccc([2H])c1Oc1c([2H])cccc1[2H]. The maximum Gasteiger partial charge on any atom is 0.127 e. The first-order valence-corrected chi connectivity index (χ1v) is 3.90. The van der Waals surface area contributed by atoms with Gasteiger partial charge in [-0.25, -0.2) is 0 Å². The summed E-state index contributed by atoms with van der Waals surface area (Å²) in [7, 11) is 0. The lowest BCUT2D eigenvalue weighted by Gasteiger charge is -2.03. The largest absolute Gasteiger partial charge is 0.457 e. The van der Waals surface area contributed by atoms with Crippen LogP contribution in [0.1, 0.15) is 5.48 Å². The highest BCUT2D eigenvalue weighted by Crippen LogP contribution is 2.19. The molecule has 0 saturated carbocycles. The third-order valence-corrected chi connectivity index (χ3v) is 1.45. The molecule has 0 spiro atoms. The van der Waals surface area contributed by atoms with E-state index in [1.165, 1.54) is 24.3 Å². The third-order valence-electron chi connectivity index (χ3n) is 1.45. The first-order valence-electron chi connectivity index (χ1n) is 5.90. The fourth-order valence-corrected chi connectivity index (χ4v) is 0.895. The minimum Gasteiger partial charge on any atom is -0.457 e. The van der Waals surface area contributed by atoms with Crippen LogP contribution in [0.3, 0.4) is 0 Å². The van der Waals surface area contributed by atoms with Crippen LogP contribution in [0.25, 0.3) is 0 Å². The minimum atomic E-state index is 0.0696. The standard InChI is InChI=1S/C12H10O/c1-3-7-11(8-4-1)13-12-9-5-2-6-10-12/h1-10H/i7D,8D,9D,10D. The van der Waals surface area contributed by atoms with Gasteiger partial charge in [0.2, 0.25) is 0 Å². The molecule has 64 valence electrons. The molecule has 0 aromatic heterocycles. The average Bonchev–Trinajstić information content (AvgIpc) is 2.27. The summed E-state index contributed by atoms with van der Waals surface area (Å²) in [6, 6.07) is 9.47. The van der Waals surface area contributed by atoms with Crippen molar-refractivity contribution in [2.75, 3.05) is 0 Å². The van der Waals surface area contributed by atoms with Crippen molar-refractivity contribution in [3.63, 3.8) is 0 Å². The molecule has 0 aliphatic carbocycles. The molecule has 0 saturated heterocycles. The Morgan fingerprint density at radius 2 is 1.08 bits per heavy atom. The van der Waals surface area contributed by atoms with Crippen LogP contribution < -0.4 is 4.74 Å². The lowest BCUT2D eigenvalue weighted by atomic mass is 10.3. The molecule has 0 aliphatic rings. The normalized spacial score (nSPS) is 13.8. The monoisotopic (exact) mass is 174 g/mol. The second-order valence-electron chi connectivity index (χ2n) is 2.39. The van der Waals surface area contributed by atoms with Gasteiger partial charge in [0, 0.05) is 0 Å². The summed E-state index contributed by atoms with van der Waals surface area (Å²) in [5.41, 5.74) is 0. The van der Waals surface area contributed by atoms with E-state index in [0.29, 0.717) is 0 Å². The van der Waals surface area contributed by atoms with E-state index in [0.717, 1.165) is 0 Å². The maximum absolute atomic E-state index is 7.63. The van der Waals surface area contributed by atoms with Crippen molar-refractivity contribution in [2.45, 2.75) is 0 Å². The zero-order valence-corrected chi connectivity index (χ0v) is 6.87. The van der Waals surface area contributed by atoms with E-state index in [1.54, 1.807) is 12.1 Å². The molecule has 0 atom stereocenters. The molecule has 2 aromatic rings. The summed E-state index contributed by atoms with van der Waals surface area (Å²) >= 11 is 0. The van der Waals surface area contributed by atoms with Crippen molar-refractivity contribution >= 4 is 0 Å². The van der Waals surface area contributed by atoms with Crippen LogP contribution in [-0.4, -0.2) is 0 Å². The van der Waals surface area contributed by atoms with Crippen molar-refractivity contribution in [1.82, 2.24) is 0 Å². The lowest BCUT2D eigenvalue weighted by molar-refractivity contribution is 0.482. The van der Waals surface area contributed by atoms with Gasteiger partial charge in [0.05, 0.1) is 5.48 Å². The molecular weight excluding hydrogens is 160 g/mol. The van der Waals surface area contributed by atoms with E-state index in [2.05, 4.69) is 0 Å². The van der Waals surface area contributed by atoms with E-state index in [-0.39, 0.29) is 35.7 Å². The van der Waals surface area contributed by atoms with Crippen molar-refractivity contribution in [3.8, 4) is 11.5 Å². The van der Waals surface area contributed by atoms with Crippen LogP contribution in [0.4, 0.5) is 0 Å². The topological polar surface area (TPSA) is 9.23 Å². The molecular formula is C12H10O. The third kappa shape index (κ3) is 2.09. The molecule has 0 N–H and O–H groups in total. The highest BCUT2D eigenvalue weighted by atomic mass is 16.5. The number of hydrogen-bond acceptors (Lipinski definition) is 1. The quantitative estimate of drug-likeness (QED) is 0.677. The Hall–Kier alpha value is -1.76. The summed E-state index contributed by atoms with van der Waals surface area (Å²) in [4.78, 5) is 0. The summed E-state index contributed by atoms with van der Waals surface area (Å²) in [5.74, 6) is 0.140. The summed E-state index contributed by atoms with van der Waals surface area (Å²) in [5, 5.41) is 0. The van der Waals surface area contributed by atoms with E-state index in [4.69, 9.17) is 10.2 Å². The summed E-state index contributed by atoms with van der Waals surface area (Å²) < 4.78 is 35.9. The van der Waals surface area contributed by atoms with Crippen LogP contribution in [-0.2, 0) is 0 Å². The van der Waals surface area contributed by atoms with Gasteiger partial charge in [-0.15, -0.1) is 0 Å². The Morgan fingerprint density at radius 3 is 1.46 bits per heavy atom. The predicted octanol–water partition coefficient (Wildman–Crippen LogP) is 3.48. The van der Waals surface area contributed by atoms with Crippen LogP contribution in [0.15, 0.2) is 60.6 Å². The Morgan fingerprint density at radius 1 is 0.692 bits per heavy atom. The van der Waals surface area contributed by atoms with Gasteiger partial charge in [-0.2, -0.15) is 0 Å². The molecule has 1 nitrogen and oxygen atoms in total. The first kappa shape index (κ1) is 4.47. The van der Waals surface area contributed by atoms with Crippen LogP contribution in [0.5, 0.6) is 11.5 Å². The molecule has 2 aromatic carbocycles. The number of benzene rings is 2. The van der Waals surface area contributed by atoms with Crippen LogP contribution in [0.2, 0.25) is 0 Å². The van der Waals surface area contributed by atoms with Gasteiger partial charge in [-0.1, -0.05) is 36.4 Å².